The molecule has 0 radical (unpaired) electrons. The monoisotopic (exact) mass is 314 g/mol. The first-order chi connectivity index (χ1) is 9.69. The quantitative estimate of drug-likeness (QED) is 0.797. The van der Waals surface area contributed by atoms with Gasteiger partial charge in [0.2, 0.25) is 17.8 Å². The molecule has 1 fully saturated rings. The summed E-state index contributed by atoms with van der Waals surface area (Å²) in [6.45, 7) is 5.31. The van der Waals surface area contributed by atoms with E-state index in [1.54, 1.807) is 13.8 Å². The molecule has 118 valence electrons. The number of nitrogens with zero attached hydrogens (tertiary/aromatic N) is 4. The maximum atomic E-state index is 11.7. The summed E-state index contributed by atoms with van der Waals surface area (Å²) in [4.78, 5) is 14.5. The van der Waals surface area contributed by atoms with Crippen molar-refractivity contribution in [3.63, 3.8) is 0 Å². The summed E-state index contributed by atoms with van der Waals surface area (Å²) in [5.74, 6) is 0.979. The van der Waals surface area contributed by atoms with Crippen molar-refractivity contribution in [3.05, 3.63) is 0 Å². The van der Waals surface area contributed by atoms with E-state index in [0.29, 0.717) is 11.9 Å². The van der Waals surface area contributed by atoms with Crippen LogP contribution < -0.4 is 16.0 Å². The normalized spacial score (nSPS) is 16.2. The molecule has 0 atom stereocenters. The second kappa shape index (κ2) is 5.63. The van der Waals surface area contributed by atoms with E-state index in [2.05, 4.69) is 20.3 Å². The van der Waals surface area contributed by atoms with Crippen molar-refractivity contribution in [2.45, 2.75) is 31.4 Å². The first-order valence-corrected chi connectivity index (χ1v) is 8.78. The van der Waals surface area contributed by atoms with E-state index in [0.717, 1.165) is 25.9 Å². The number of hydrogen-bond acceptors (Lipinski definition) is 8. The zero-order valence-electron chi connectivity index (χ0n) is 12.6. The van der Waals surface area contributed by atoms with E-state index in [1.807, 2.05) is 4.90 Å². The Balaban J connectivity index is 2.13. The molecule has 2 heterocycles. The lowest BCUT2D eigenvalue weighted by molar-refractivity contribution is 0.559. The number of nitrogen functional groups attached to an aromatic ring is 1. The first kappa shape index (κ1) is 15.7. The Morgan fingerprint density at radius 1 is 1.24 bits per heavy atom. The van der Waals surface area contributed by atoms with Crippen LogP contribution in [0.3, 0.4) is 0 Å². The highest BCUT2D eigenvalue weighted by Crippen LogP contribution is 2.19. The molecule has 1 aliphatic rings. The van der Waals surface area contributed by atoms with Crippen LogP contribution in [-0.2, 0) is 9.84 Å². The van der Waals surface area contributed by atoms with Crippen LogP contribution in [0.25, 0.3) is 0 Å². The van der Waals surface area contributed by atoms with Gasteiger partial charge in [0.15, 0.2) is 9.84 Å². The van der Waals surface area contributed by atoms with E-state index < -0.39 is 14.6 Å². The Morgan fingerprint density at radius 3 is 2.43 bits per heavy atom. The molecule has 0 aromatic carbocycles. The third kappa shape index (κ3) is 3.72. The predicted octanol–water partition coefficient (Wildman–Crippen LogP) is 0.289. The molecule has 0 aliphatic carbocycles. The molecule has 1 aliphatic heterocycles. The van der Waals surface area contributed by atoms with Crippen molar-refractivity contribution >= 4 is 27.7 Å². The average Bonchev–Trinajstić information content (AvgIpc) is 2.88. The molecule has 0 saturated carbocycles. The van der Waals surface area contributed by atoms with Crippen molar-refractivity contribution in [1.82, 2.24) is 15.0 Å². The number of aromatic nitrogens is 3. The second-order valence-corrected chi connectivity index (χ2v) is 8.55. The Kier molecular flexibility index (Phi) is 4.22. The summed E-state index contributed by atoms with van der Waals surface area (Å²) in [6.07, 6.45) is 3.43. The maximum Gasteiger partial charge on any atom is 0.231 e. The number of rotatable bonds is 5. The molecule has 0 spiro atoms. The van der Waals surface area contributed by atoms with Crippen LogP contribution in [0.1, 0.15) is 26.7 Å². The third-order valence-corrected chi connectivity index (χ3v) is 5.86. The van der Waals surface area contributed by atoms with Gasteiger partial charge in [-0.1, -0.05) is 0 Å². The molecule has 1 aromatic heterocycles. The summed E-state index contributed by atoms with van der Waals surface area (Å²) in [5, 5.41) is 2.95. The minimum Gasteiger partial charge on any atom is -0.368 e. The van der Waals surface area contributed by atoms with Gasteiger partial charge in [-0.15, -0.1) is 0 Å². The van der Waals surface area contributed by atoms with Crippen LogP contribution in [0, 0.1) is 0 Å². The molecule has 9 heteroatoms. The molecular weight excluding hydrogens is 292 g/mol. The Labute approximate surface area is 125 Å². The van der Waals surface area contributed by atoms with Crippen LogP contribution in [0.2, 0.25) is 0 Å². The fraction of sp³-hybridized carbons (Fsp3) is 0.750. The summed E-state index contributed by atoms with van der Waals surface area (Å²) in [7, 11) is -3.18. The van der Waals surface area contributed by atoms with Crippen LogP contribution in [-0.4, -0.2) is 54.0 Å². The van der Waals surface area contributed by atoms with Crippen LogP contribution in [0.4, 0.5) is 17.8 Å². The summed E-state index contributed by atoms with van der Waals surface area (Å²) < 4.78 is 22.5. The highest BCUT2D eigenvalue weighted by atomic mass is 32.2. The van der Waals surface area contributed by atoms with E-state index in [9.17, 15) is 8.42 Å². The van der Waals surface area contributed by atoms with Crippen molar-refractivity contribution in [2.24, 2.45) is 0 Å². The van der Waals surface area contributed by atoms with E-state index in [1.165, 1.54) is 6.26 Å². The van der Waals surface area contributed by atoms with Crippen molar-refractivity contribution in [2.75, 3.05) is 41.8 Å². The van der Waals surface area contributed by atoms with Gasteiger partial charge in [-0.3, -0.25) is 0 Å². The third-order valence-electron chi connectivity index (χ3n) is 3.71. The Morgan fingerprint density at radius 2 is 1.86 bits per heavy atom. The minimum atomic E-state index is -3.18. The highest BCUT2D eigenvalue weighted by Gasteiger charge is 2.30. The lowest BCUT2D eigenvalue weighted by Crippen LogP contribution is -2.38. The van der Waals surface area contributed by atoms with Crippen molar-refractivity contribution in [1.29, 1.82) is 0 Å². The van der Waals surface area contributed by atoms with Crippen LogP contribution >= 0.6 is 0 Å². The largest absolute Gasteiger partial charge is 0.368 e. The smallest absolute Gasteiger partial charge is 0.231 e. The highest BCUT2D eigenvalue weighted by molar-refractivity contribution is 7.92. The molecule has 21 heavy (non-hydrogen) atoms. The summed E-state index contributed by atoms with van der Waals surface area (Å²) in [5.41, 5.74) is 5.71. The fourth-order valence-electron chi connectivity index (χ4n) is 1.94. The zero-order chi connectivity index (χ0) is 15.7. The average molecular weight is 314 g/mol. The Hall–Kier alpha value is -1.64. The van der Waals surface area contributed by atoms with Gasteiger partial charge in [-0.2, -0.15) is 15.0 Å². The second-order valence-electron chi connectivity index (χ2n) is 5.90. The lowest BCUT2D eigenvalue weighted by Gasteiger charge is -2.23. The van der Waals surface area contributed by atoms with E-state index >= 15 is 0 Å². The van der Waals surface area contributed by atoms with Crippen LogP contribution in [0.15, 0.2) is 0 Å². The topological polar surface area (TPSA) is 114 Å². The molecule has 0 bridgehead atoms. The Bertz CT molecular complexity index is 610. The molecule has 1 aromatic rings. The number of nitrogens with two attached hydrogens (primary N) is 1. The number of nitrogens with one attached hydrogen (secondary N) is 1. The van der Waals surface area contributed by atoms with Gasteiger partial charge in [0.25, 0.3) is 0 Å². The van der Waals surface area contributed by atoms with E-state index in [-0.39, 0.29) is 12.5 Å². The van der Waals surface area contributed by atoms with Gasteiger partial charge in [-0.25, -0.2) is 8.42 Å². The minimum absolute atomic E-state index is 0.131. The SMILES string of the molecule is CC(C)(CNc1nc(N)nc(N2CCCC2)n1)S(C)(=O)=O. The van der Waals surface area contributed by atoms with Crippen molar-refractivity contribution < 1.29 is 8.42 Å². The van der Waals surface area contributed by atoms with Gasteiger partial charge >= 0.3 is 0 Å². The number of hydrogen-bond donors (Lipinski definition) is 2. The molecule has 1 saturated heterocycles. The predicted molar refractivity (Wildman–Crippen MR) is 83.1 cm³/mol. The van der Waals surface area contributed by atoms with Gasteiger partial charge < -0.3 is 16.0 Å². The van der Waals surface area contributed by atoms with Gasteiger partial charge in [0.1, 0.15) is 0 Å². The standard InChI is InChI=1S/C12H22N6O2S/c1-12(2,21(3,19)20)8-14-10-15-9(13)16-11(17-10)18-6-4-5-7-18/h4-8H2,1-3H3,(H3,13,14,15,16,17). The molecule has 3 N–H and O–H groups in total. The van der Waals surface area contributed by atoms with Gasteiger partial charge in [0.05, 0.1) is 4.75 Å². The zero-order valence-corrected chi connectivity index (χ0v) is 13.4. The van der Waals surface area contributed by atoms with Gasteiger partial charge in [-0.05, 0) is 26.7 Å². The molecule has 0 amide bonds. The fourth-order valence-corrected chi connectivity index (χ4v) is 2.28. The molecular formula is C12H22N6O2S. The first-order valence-electron chi connectivity index (χ1n) is 6.89. The molecule has 2 rings (SSSR count). The summed E-state index contributed by atoms with van der Waals surface area (Å²) >= 11 is 0. The maximum absolute atomic E-state index is 11.7. The molecule has 8 nitrogen and oxygen atoms in total. The van der Waals surface area contributed by atoms with Crippen molar-refractivity contribution in [3.8, 4) is 0 Å². The van der Waals surface area contributed by atoms with Gasteiger partial charge in [0, 0.05) is 25.9 Å². The van der Waals surface area contributed by atoms with E-state index in [4.69, 9.17) is 5.73 Å². The lowest BCUT2D eigenvalue weighted by atomic mass is 10.2. The van der Waals surface area contributed by atoms with Crippen LogP contribution in [0.5, 0.6) is 0 Å². The number of anilines is 3. The molecule has 0 unspecified atom stereocenters. The summed E-state index contributed by atoms with van der Waals surface area (Å²) in [6, 6.07) is 0. The number of sulfone groups is 1.